The van der Waals surface area contributed by atoms with Crippen LogP contribution in [0.4, 0.5) is 0 Å². The molecular formula is C24H29N3O2. The molecule has 2 amide bonds. The summed E-state index contributed by atoms with van der Waals surface area (Å²) in [6.07, 6.45) is 5.90. The number of hydrogen-bond acceptors (Lipinski definition) is 3. The van der Waals surface area contributed by atoms with Gasteiger partial charge in [0.25, 0.3) is 5.91 Å². The Hall–Kier alpha value is -2.95. The smallest absolute Gasteiger partial charge is 0.252 e. The van der Waals surface area contributed by atoms with Crippen molar-refractivity contribution in [1.29, 1.82) is 0 Å². The number of carbonyl (C=O) groups is 2. The Labute approximate surface area is 172 Å². The van der Waals surface area contributed by atoms with Crippen LogP contribution in [0.15, 0.2) is 65.8 Å². The zero-order valence-corrected chi connectivity index (χ0v) is 16.9. The number of nitrogens with one attached hydrogen (secondary N) is 2. The summed E-state index contributed by atoms with van der Waals surface area (Å²) < 4.78 is 0. The van der Waals surface area contributed by atoms with E-state index in [2.05, 4.69) is 15.8 Å². The van der Waals surface area contributed by atoms with Gasteiger partial charge >= 0.3 is 0 Å². The van der Waals surface area contributed by atoms with Crippen LogP contribution < -0.4 is 10.7 Å². The van der Waals surface area contributed by atoms with Crippen molar-refractivity contribution in [2.45, 2.75) is 57.4 Å². The average molecular weight is 392 g/mol. The first-order chi connectivity index (χ1) is 14.1. The van der Waals surface area contributed by atoms with Gasteiger partial charge in [0.05, 0.1) is 12.3 Å². The van der Waals surface area contributed by atoms with Crippen LogP contribution in [0.1, 0.15) is 62.5 Å². The fraction of sp³-hybridized carbons (Fsp3) is 0.375. The fourth-order valence-corrected chi connectivity index (χ4v) is 3.80. The van der Waals surface area contributed by atoms with Crippen molar-refractivity contribution in [2.24, 2.45) is 5.10 Å². The van der Waals surface area contributed by atoms with Crippen molar-refractivity contribution in [2.75, 3.05) is 0 Å². The van der Waals surface area contributed by atoms with E-state index in [4.69, 9.17) is 0 Å². The van der Waals surface area contributed by atoms with Crippen LogP contribution in [0.2, 0.25) is 0 Å². The normalized spacial score (nSPS) is 15.2. The lowest BCUT2D eigenvalue weighted by molar-refractivity contribution is -0.122. The first-order valence-corrected chi connectivity index (χ1v) is 10.4. The Morgan fingerprint density at radius 3 is 2.03 bits per heavy atom. The second-order valence-corrected chi connectivity index (χ2v) is 7.66. The second kappa shape index (κ2) is 10.6. The monoisotopic (exact) mass is 391 g/mol. The molecule has 5 heteroatoms. The zero-order chi connectivity index (χ0) is 20.5. The third kappa shape index (κ3) is 6.28. The molecule has 2 aromatic rings. The molecule has 0 bridgehead atoms. The quantitative estimate of drug-likeness (QED) is 0.550. The molecule has 0 radical (unpaired) electrons. The molecule has 5 nitrogen and oxygen atoms in total. The van der Waals surface area contributed by atoms with Crippen LogP contribution in [0.3, 0.4) is 0 Å². The highest BCUT2D eigenvalue weighted by Gasteiger charge is 2.22. The maximum atomic E-state index is 12.9. The van der Waals surface area contributed by atoms with Crippen LogP contribution in [-0.2, 0) is 9.59 Å². The predicted molar refractivity (Wildman–Crippen MR) is 116 cm³/mol. The highest BCUT2D eigenvalue weighted by atomic mass is 16.2. The number of rotatable bonds is 7. The molecule has 0 saturated heterocycles. The molecule has 0 spiro atoms. The number of nitrogens with zero attached hydrogens (tertiary/aromatic N) is 1. The highest BCUT2D eigenvalue weighted by molar-refractivity contribution is 6.00. The van der Waals surface area contributed by atoms with Crippen molar-refractivity contribution >= 4 is 17.5 Å². The molecular weight excluding hydrogens is 362 g/mol. The molecule has 0 aliphatic heterocycles. The van der Waals surface area contributed by atoms with Gasteiger partial charge in [0.2, 0.25) is 5.91 Å². The van der Waals surface area contributed by atoms with Gasteiger partial charge in [0.1, 0.15) is 0 Å². The van der Waals surface area contributed by atoms with Gasteiger partial charge in [-0.3, -0.25) is 9.59 Å². The second-order valence-electron chi connectivity index (χ2n) is 7.66. The topological polar surface area (TPSA) is 70.6 Å². The minimum Gasteiger partial charge on any atom is -0.353 e. The van der Waals surface area contributed by atoms with E-state index in [9.17, 15) is 9.59 Å². The van der Waals surface area contributed by atoms with Gasteiger partial charge in [-0.25, -0.2) is 5.43 Å². The predicted octanol–water partition coefficient (Wildman–Crippen LogP) is 4.15. The molecule has 1 aliphatic rings. The highest BCUT2D eigenvalue weighted by Crippen LogP contribution is 2.24. The molecule has 1 saturated carbocycles. The molecule has 1 fully saturated rings. The summed E-state index contributed by atoms with van der Waals surface area (Å²) >= 11 is 0. The molecule has 1 aliphatic carbocycles. The standard InChI is InChI=1S/C24H29N3O2/c1-18(17-22(28)25-21-15-9-4-10-16-21)26-27-24(29)23(19-11-5-2-6-12-19)20-13-7-3-8-14-20/h2-3,5-8,11-14,21,23H,4,9-10,15-17H2,1H3,(H,25,28)(H,27,29)/b26-18-. The number of carbonyl (C=O) groups excluding carboxylic acids is 2. The van der Waals surface area contributed by atoms with E-state index in [-0.39, 0.29) is 24.3 Å². The Morgan fingerprint density at radius 2 is 1.48 bits per heavy atom. The lowest BCUT2D eigenvalue weighted by Crippen LogP contribution is -2.37. The third-order valence-corrected chi connectivity index (χ3v) is 5.27. The van der Waals surface area contributed by atoms with E-state index < -0.39 is 5.92 Å². The lowest BCUT2D eigenvalue weighted by Gasteiger charge is -2.22. The number of benzene rings is 2. The van der Waals surface area contributed by atoms with E-state index in [1.807, 2.05) is 60.7 Å². The molecule has 0 atom stereocenters. The van der Waals surface area contributed by atoms with E-state index in [1.165, 1.54) is 19.3 Å². The molecule has 3 rings (SSSR count). The summed E-state index contributed by atoms with van der Waals surface area (Å²) in [4.78, 5) is 25.2. The Kier molecular flexibility index (Phi) is 7.56. The number of amides is 2. The molecule has 0 aromatic heterocycles. The minimum atomic E-state index is -0.454. The van der Waals surface area contributed by atoms with Gasteiger partial charge in [-0.15, -0.1) is 0 Å². The van der Waals surface area contributed by atoms with Crippen LogP contribution in [0.5, 0.6) is 0 Å². The van der Waals surface area contributed by atoms with E-state index in [0.717, 1.165) is 24.0 Å². The maximum absolute atomic E-state index is 12.9. The van der Waals surface area contributed by atoms with Crippen LogP contribution in [-0.4, -0.2) is 23.6 Å². The number of hydrazone groups is 1. The first-order valence-electron chi connectivity index (χ1n) is 10.4. The summed E-state index contributed by atoms with van der Waals surface area (Å²) in [5.74, 6) is -0.700. The van der Waals surface area contributed by atoms with Gasteiger partial charge in [-0.05, 0) is 30.9 Å². The van der Waals surface area contributed by atoms with Crippen molar-refractivity contribution in [3.63, 3.8) is 0 Å². The van der Waals surface area contributed by atoms with Gasteiger partial charge in [0.15, 0.2) is 0 Å². The van der Waals surface area contributed by atoms with Crippen molar-refractivity contribution < 1.29 is 9.59 Å². The molecule has 29 heavy (non-hydrogen) atoms. The molecule has 152 valence electrons. The van der Waals surface area contributed by atoms with E-state index >= 15 is 0 Å². The zero-order valence-electron chi connectivity index (χ0n) is 16.9. The third-order valence-electron chi connectivity index (χ3n) is 5.27. The molecule has 2 aromatic carbocycles. The Morgan fingerprint density at radius 1 is 0.931 bits per heavy atom. The van der Waals surface area contributed by atoms with Crippen LogP contribution >= 0.6 is 0 Å². The SMILES string of the molecule is C/C(CC(=O)NC1CCCCC1)=N/NC(=O)C(c1ccccc1)c1ccccc1. The lowest BCUT2D eigenvalue weighted by atomic mass is 9.91. The molecule has 0 heterocycles. The van der Waals surface area contributed by atoms with Crippen LogP contribution in [0.25, 0.3) is 0 Å². The summed E-state index contributed by atoms with van der Waals surface area (Å²) in [7, 11) is 0. The maximum Gasteiger partial charge on any atom is 0.252 e. The molecule has 2 N–H and O–H groups in total. The van der Waals surface area contributed by atoms with Gasteiger partial charge in [-0.2, -0.15) is 5.10 Å². The average Bonchev–Trinajstić information content (AvgIpc) is 2.75. The molecule has 0 unspecified atom stereocenters. The minimum absolute atomic E-state index is 0.0323. The summed E-state index contributed by atoms with van der Waals surface area (Å²) in [5, 5.41) is 7.26. The Balaban J connectivity index is 1.62. The Bertz CT molecular complexity index is 788. The summed E-state index contributed by atoms with van der Waals surface area (Å²) in [6.45, 7) is 1.76. The van der Waals surface area contributed by atoms with Crippen molar-refractivity contribution in [3.05, 3.63) is 71.8 Å². The fourth-order valence-electron chi connectivity index (χ4n) is 3.80. The van der Waals surface area contributed by atoms with Crippen molar-refractivity contribution in [1.82, 2.24) is 10.7 Å². The van der Waals surface area contributed by atoms with Gasteiger partial charge < -0.3 is 5.32 Å². The van der Waals surface area contributed by atoms with Gasteiger partial charge in [0, 0.05) is 11.8 Å². The van der Waals surface area contributed by atoms with E-state index in [1.54, 1.807) is 6.92 Å². The van der Waals surface area contributed by atoms with E-state index in [0.29, 0.717) is 5.71 Å². The summed E-state index contributed by atoms with van der Waals surface area (Å²) in [6, 6.07) is 19.6. The van der Waals surface area contributed by atoms with Gasteiger partial charge in [-0.1, -0.05) is 79.9 Å². The van der Waals surface area contributed by atoms with Crippen molar-refractivity contribution in [3.8, 4) is 0 Å². The first kappa shape index (κ1) is 20.8. The van der Waals surface area contributed by atoms with Crippen LogP contribution in [0, 0.1) is 0 Å². The largest absolute Gasteiger partial charge is 0.353 e. The number of hydrogen-bond donors (Lipinski definition) is 2. The summed E-state index contributed by atoms with van der Waals surface area (Å²) in [5.41, 5.74) is 5.05.